The number of hydrogen-bond acceptors (Lipinski definition) is 8. The summed E-state index contributed by atoms with van der Waals surface area (Å²) in [6.07, 6.45) is -5.82. The van der Waals surface area contributed by atoms with Gasteiger partial charge in [-0.2, -0.15) is 0 Å². The number of nitrogens with zero attached hydrogens (tertiary/aromatic N) is 1. The van der Waals surface area contributed by atoms with E-state index in [1.807, 2.05) is 30.3 Å². The van der Waals surface area contributed by atoms with Gasteiger partial charge < -0.3 is 29.2 Å². The molecular formula is C28H23Cl4NO8. The third-order valence-corrected chi connectivity index (χ3v) is 8.61. The van der Waals surface area contributed by atoms with Crippen LogP contribution in [0.2, 0.25) is 20.1 Å². The number of halogens is 4. The molecule has 2 aliphatic rings. The highest BCUT2D eigenvalue weighted by molar-refractivity contribution is 6.55. The number of aliphatic hydroxyl groups is 2. The van der Waals surface area contributed by atoms with Crippen molar-refractivity contribution < 1.29 is 38.7 Å². The van der Waals surface area contributed by atoms with Crippen LogP contribution in [0.3, 0.4) is 0 Å². The highest BCUT2D eigenvalue weighted by Gasteiger charge is 2.55. The van der Waals surface area contributed by atoms with Gasteiger partial charge in [-0.3, -0.25) is 14.5 Å². The molecule has 2 N–H and O–H groups in total. The van der Waals surface area contributed by atoms with Gasteiger partial charge in [-0.1, -0.05) is 76.7 Å². The fourth-order valence-electron chi connectivity index (χ4n) is 4.72. The first-order valence-electron chi connectivity index (χ1n) is 12.3. The van der Waals surface area contributed by atoms with Crippen molar-refractivity contribution in [2.75, 3.05) is 13.7 Å². The van der Waals surface area contributed by atoms with Gasteiger partial charge in [0.25, 0.3) is 11.8 Å². The van der Waals surface area contributed by atoms with E-state index in [4.69, 9.17) is 65.4 Å². The Labute approximate surface area is 255 Å². The predicted molar refractivity (Wildman–Crippen MR) is 151 cm³/mol. The predicted octanol–water partition coefficient (Wildman–Crippen LogP) is 5.02. The Balaban J connectivity index is 1.46. The van der Waals surface area contributed by atoms with Gasteiger partial charge in [0, 0.05) is 0 Å². The van der Waals surface area contributed by atoms with Crippen molar-refractivity contribution in [1.29, 1.82) is 0 Å². The molecule has 0 aliphatic carbocycles. The van der Waals surface area contributed by atoms with Crippen LogP contribution in [-0.4, -0.2) is 71.3 Å². The van der Waals surface area contributed by atoms with Gasteiger partial charge in [0.2, 0.25) is 6.29 Å². The van der Waals surface area contributed by atoms with Crippen molar-refractivity contribution >= 4 is 58.2 Å². The van der Waals surface area contributed by atoms with Gasteiger partial charge in [0.05, 0.1) is 51.5 Å². The first-order valence-corrected chi connectivity index (χ1v) is 13.8. The van der Waals surface area contributed by atoms with E-state index < -0.39 is 42.5 Å². The van der Waals surface area contributed by atoms with Gasteiger partial charge in [0.15, 0.2) is 0 Å². The van der Waals surface area contributed by atoms with E-state index in [2.05, 4.69) is 0 Å². The molecule has 13 heteroatoms. The summed E-state index contributed by atoms with van der Waals surface area (Å²) in [6.45, 7) is 0.0845. The SMILES string of the molecule is COc1ccc(O[C@@H]2O[C@H](COCc3ccccc3)[C@@H](O)[C@H](O)[C@H]2N2C(=O)c3c(Cl)c(Cl)c(Cl)c(Cl)c3C2=O)cc1. The summed E-state index contributed by atoms with van der Waals surface area (Å²) in [4.78, 5) is 27.9. The average molecular weight is 643 g/mol. The van der Waals surface area contributed by atoms with Crippen molar-refractivity contribution in [3.8, 4) is 11.5 Å². The second-order valence-electron chi connectivity index (χ2n) is 9.30. The zero-order valence-electron chi connectivity index (χ0n) is 21.3. The molecule has 41 heavy (non-hydrogen) atoms. The van der Waals surface area contributed by atoms with Crippen LogP contribution in [0.1, 0.15) is 26.3 Å². The van der Waals surface area contributed by atoms with Crippen LogP contribution < -0.4 is 9.47 Å². The lowest BCUT2D eigenvalue weighted by Crippen LogP contribution is -2.66. The van der Waals surface area contributed by atoms with E-state index in [9.17, 15) is 19.8 Å². The summed E-state index contributed by atoms with van der Waals surface area (Å²) in [6, 6.07) is 14.2. The second kappa shape index (κ2) is 12.3. The molecule has 0 radical (unpaired) electrons. The highest BCUT2D eigenvalue weighted by Crippen LogP contribution is 2.46. The van der Waals surface area contributed by atoms with Crippen molar-refractivity contribution in [1.82, 2.24) is 4.90 Å². The minimum absolute atomic E-state index is 0.132. The number of aliphatic hydroxyl groups excluding tert-OH is 2. The van der Waals surface area contributed by atoms with E-state index in [0.29, 0.717) is 10.6 Å². The Morgan fingerprint density at radius 2 is 1.37 bits per heavy atom. The molecule has 5 atom stereocenters. The molecule has 0 spiro atoms. The lowest BCUT2D eigenvalue weighted by Gasteiger charge is -2.45. The number of benzene rings is 3. The van der Waals surface area contributed by atoms with E-state index in [0.717, 1.165) is 5.56 Å². The zero-order valence-corrected chi connectivity index (χ0v) is 24.3. The summed E-state index contributed by atoms with van der Waals surface area (Å²) in [5.41, 5.74) is 0.322. The number of amides is 2. The molecule has 1 fully saturated rings. The molecule has 2 heterocycles. The molecule has 0 unspecified atom stereocenters. The molecule has 9 nitrogen and oxygen atoms in total. The van der Waals surface area contributed by atoms with Crippen molar-refractivity contribution in [2.45, 2.75) is 37.3 Å². The van der Waals surface area contributed by atoms with E-state index in [1.165, 1.54) is 7.11 Å². The fourth-order valence-corrected chi connectivity index (χ4v) is 5.73. The van der Waals surface area contributed by atoms with Gasteiger partial charge >= 0.3 is 0 Å². The molecule has 216 valence electrons. The van der Waals surface area contributed by atoms with Crippen molar-refractivity contribution in [2.24, 2.45) is 0 Å². The molecular weight excluding hydrogens is 620 g/mol. The minimum atomic E-state index is -1.72. The Kier molecular flexibility index (Phi) is 8.98. The highest BCUT2D eigenvalue weighted by atomic mass is 35.5. The van der Waals surface area contributed by atoms with Crippen LogP contribution in [0.15, 0.2) is 54.6 Å². The van der Waals surface area contributed by atoms with Crippen LogP contribution in [0, 0.1) is 0 Å². The standard InChI is InChI=1S/C28H23Cl4NO8/c1-38-14-7-9-15(10-8-14)40-28-23(25(35)24(34)16(41-28)12-39-11-13-5-3-2-4-6-13)33-26(36)17-18(27(33)37)20(30)22(32)21(31)19(17)29/h2-10,16,23-25,28,34-35H,11-12H2,1H3/t16-,23-,24-,25-,28-/m1/s1. The summed E-state index contributed by atoms with van der Waals surface area (Å²) in [5, 5.41) is 21.4. The molecule has 2 aliphatic heterocycles. The molecule has 5 rings (SSSR count). The monoisotopic (exact) mass is 641 g/mol. The lowest BCUT2D eigenvalue weighted by atomic mass is 9.95. The van der Waals surface area contributed by atoms with Gasteiger partial charge in [-0.15, -0.1) is 0 Å². The molecule has 1 saturated heterocycles. The third-order valence-electron chi connectivity index (χ3n) is 6.80. The van der Waals surface area contributed by atoms with Crippen LogP contribution >= 0.6 is 46.4 Å². The van der Waals surface area contributed by atoms with Crippen molar-refractivity contribution in [3.05, 3.63) is 91.4 Å². The number of imide groups is 1. The van der Waals surface area contributed by atoms with E-state index >= 15 is 0 Å². The average Bonchev–Trinajstić information content (AvgIpc) is 3.24. The van der Waals surface area contributed by atoms with E-state index in [1.54, 1.807) is 24.3 Å². The van der Waals surface area contributed by atoms with E-state index in [-0.39, 0.29) is 50.2 Å². The number of rotatable bonds is 8. The third kappa shape index (κ3) is 5.61. The number of fused-ring (bicyclic) bond motifs is 1. The minimum Gasteiger partial charge on any atom is -0.497 e. The van der Waals surface area contributed by atoms with Crippen LogP contribution in [0.4, 0.5) is 0 Å². The molecule has 2 amide bonds. The number of carbonyl (C=O) groups excluding carboxylic acids is 2. The summed E-state index contributed by atoms with van der Waals surface area (Å²) in [5.74, 6) is -1.01. The Bertz CT molecular complexity index is 1410. The summed E-state index contributed by atoms with van der Waals surface area (Å²) in [7, 11) is 1.50. The summed E-state index contributed by atoms with van der Waals surface area (Å²) < 4.78 is 23.0. The number of hydrogen-bond donors (Lipinski definition) is 2. The van der Waals surface area contributed by atoms with Gasteiger partial charge in [-0.25, -0.2) is 0 Å². The summed E-state index contributed by atoms with van der Waals surface area (Å²) >= 11 is 24.9. The Hall–Kier alpha value is -2.60. The second-order valence-corrected chi connectivity index (χ2v) is 10.8. The van der Waals surface area contributed by atoms with Gasteiger partial charge in [-0.05, 0) is 29.8 Å². The smallest absolute Gasteiger partial charge is 0.263 e. The number of ether oxygens (including phenoxy) is 4. The largest absolute Gasteiger partial charge is 0.497 e. The van der Waals surface area contributed by atoms with Crippen LogP contribution in [0.25, 0.3) is 0 Å². The molecule has 3 aromatic carbocycles. The van der Waals surface area contributed by atoms with Crippen LogP contribution in [0.5, 0.6) is 11.5 Å². The zero-order chi connectivity index (χ0) is 29.4. The first kappa shape index (κ1) is 29.9. The lowest BCUT2D eigenvalue weighted by molar-refractivity contribution is -0.257. The maximum absolute atomic E-state index is 13.6. The maximum Gasteiger partial charge on any atom is 0.263 e. The number of methoxy groups -OCH3 is 1. The fraction of sp³-hybridized carbons (Fsp3) is 0.286. The molecule has 3 aromatic rings. The Morgan fingerprint density at radius 1 is 0.805 bits per heavy atom. The molecule has 0 saturated carbocycles. The van der Waals surface area contributed by atoms with Crippen molar-refractivity contribution in [3.63, 3.8) is 0 Å². The first-order chi connectivity index (χ1) is 19.6. The Morgan fingerprint density at radius 3 is 1.93 bits per heavy atom. The molecule has 0 bridgehead atoms. The quantitative estimate of drug-likeness (QED) is 0.200. The normalized spacial score (nSPS) is 24.0. The molecule has 0 aromatic heterocycles. The maximum atomic E-state index is 13.6. The van der Waals surface area contributed by atoms with Crippen LogP contribution in [-0.2, 0) is 16.1 Å². The number of carbonyl (C=O) groups is 2. The van der Waals surface area contributed by atoms with Gasteiger partial charge in [0.1, 0.15) is 35.9 Å². The topological polar surface area (TPSA) is 115 Å².